The van der Waals surface area contributed by atoms with E-state index in [1.807, 2.05) is 0 Å². The topological polar surface area (TPSA) is 75.3 Å². The lowest BCUT2D eigenvalue weighted by Gasteiger charge is -2.14. The maximum atomic E-state index is 13.0. The molecule has 0 saturated carbocycles. The van der Waals surface area contributed by atoms with Gasteiger partial charge in [0.05, 0.1) is 17.5 Å². The number of benzene rings is 2. The van der Waals surface area contributed by atoms with Crippen LogP contribution in [0.5, 0.6) is 0 Å². The second kappa shape index (κ2) is 6.93. The first-order valence-electron chi connectivity index (χ1n) is 6.72. The minimum atomic E-state index is -4.68. The summed E-state index contributed by atoms with van der Waals surface area (Å²) in [4.78, 5) is 12.1. The van der Waals surface area contributed by atoms with Crippen molar-refractivity contribution >= 4 is 38.9 Å². The number of hydrogen-bond donors (Lipinski definition) is 2. The Kier molecular flexibility index (Phi) is 5.28. The van der Waals surface area contributed by atoms with Gasteiger partial charge in [0.15, 0.2) is 0 Å². The van der Waals surface area contributed by atoms with Crippen LogP contribution in [0.4, 0.5) is 24.5 Å². The Hall–Kier alpha value is -2.26. The van der Waals surface area contributed by atoms with Gasteiger partial charge in [0.25, 0.3) is 5.91 Å². The minimum Gasteiger partial charge on any atom is -0.321 e. The number of hydrogen-bond acceptors (Lipinski definition) is 3. The van der Waals surface area contributed by atoms with Crippen molar-refractivity contribution in [3.05, 3.63) is 58.6 Å². The molecule has 0 aromatic heterocycles. The largest absolute Gasteiger partial charge is 0.418 e. The number of amides is 1. The summed E-state index contributed by atoms with van der Waals surface area (Å²) in [6.07, 6.45) is -3.72. The average Bonchev–Trinajstić information content (AvgIpc) is 2.47. The summed E-state index contributed by atoms with van der Waals surface area (Å²) >= 11 is 5.58. The summed E-state index contributed by atoms with van der Waals surface area (Å²) in [5, 5.41) is 2.06. The number of halogens is 4. The van der Waals surface area contributed by atoms with E-state index in [0.29, 0.717) is 0 Å². The van der Waals surface area contributed by atoms with Gasteiger partial charge in [0.2, 0.25) is 10.0 Å². The van der Waals surface area contributed by atoms with Crippen LogP contribution in [-0.2, 0) is 16.2 Å². The SMILES string of the molecule is CS(=O)(=O)Nc1ccc(C(=O)Nc2ccc(Cl)cc2C(F)(F)F)cc1. The molecule has 2 aromatic carbocycles. The van der Waals surface area contributed by atoms with Gasteiger partial charge in [-0.2, -0.15) is 13.2 Å². The molecular weight excluding hydrogens is 381 g/mol. The van der Waals surface area contributed by atoms with Gasteiger partial charge in [-0.15, -0.1) is 0 Å². The van der Waals surface area contributed by atoms with Crippen molar-refractivity contribution < 1.29 is 26.4 Å². The van der Waals surface area contributed by atoms with Gasteiger partial charge in [0, 0.05) is 16.3 Å². The molecule has 0 radical (unpaired) electrons. The first-order valence-corrected chi connectivity index (χ1v) is 8.98. The van der Waals surface area contributed by atoms with Crippen molar-refractivity contribution in [3.8, 4) is 0 Å². The molecule has 0 aliphatic carbocycles. The van der Waals surface area contributed by atoms with E-state index in [0.717, 1.165) is 18.4 Å². The molecule has 0 heterocycles. The molecule has 0 aliphatic heterocycles. The summed E-state index contributed by atoms with van der Waals surface area (Å²) in [6.45, 7) is 0. The molecule has 0 saturated heterocycles. The van der Waals surface area contributed by atoms with Gasteiger partial charge in [-0.25, -0.2) is 8.42 Å². The molecule has 5 nitrogen and oxygen atoms in total. The van der Waals surface area contributed by atoms with Gasteiger partial charge in [-0.05, 0) is 42.5 Å². The van der Waals surface area contributed by atoms with Gasteiger partial charge < -0.3 is 5.32 Å². The smallest absolute Gasteiger partial charge is 0.321 e. The summed E-state index contributed by atoms with van der Waals surface area (Å²) in [5.74, 6) is -0.779. The first-order chi connectivity index (χ1) is 11.5. The minimum absolute atomic E-state index is 0.0575. The van der Waals surface area contributed by atoms with Crippen LogP contribution in [0.2, 0.25) is 5.02 Å². The van der Waals surface area contributed by atoms with Crippen LogP contribution in [-0.4, -0.2) is 20.6 Å². The van der Waals surface area contributed by atoms with E-state index in [4.69, 9.17) is 11.6 Å². The highest BCUT2D eigenvalue weighted by atomic mass is 35.5. The summed E-state index contributed by atoms with van der Waals surface area (Å²) in [5.41, 5.74) is -1.22. The molecule has 0 aliphatic rings. The van der Waals surface area contributed by atoms with Crippen LogP contribution in [0.15, 0.2) is 42.5 Å². The highest BCUT2D eigenvalue weighted by Crippen LogP contribution is 2.36. The third-order valence-corrected chi connectivity index (χ3v) is 3.83. The van der Waals surface area contributed by atoms with Gasteiger partial charge >= 0.3 is 6.18 Å². The molecule has 0 atom stereocenters. The number of sulfonamides is 1. The van der Waals surface area contributed by atoms with E-state index in [-0.39, 0.29) is 16.3 Å². The molecule has 2 aromatic rings. The predicted octanol–water partition coefficient (Wildman–Crippen LogP) is 3.98. The molecule has 1 amide bonds. The van der Waals surface area contributed by atoms with Crippen molar-refractivity contribution in [2.45, 2.75) is 6.18 Å². The quantitative estimate of drug-likeness (QED) is 0.826. The molecule has 0 bridgehead atoms. The maximum Gasteiger partial charge on any atom is 0.418 e. The number of anilines is 2. The molecule has 25 heavy (non-hydrogen) atoms. The monoisotopic (exact) mass is 392 g/mol. The van der Waals surface area contributed by atoms with Gasteiger partial charge in [-0.1, -0.05) is 11.6 Å². The van der Waals surface area contributed by atoms with Crippen molar-refractivity contribution in [1.82, 2.24) is 0 Å². The Morgan fingerprint density at radius 3 is 2.20 bits per heavy atom. The van der Waals surface area contributed by atoms with Crippen molar-refractivity contribution in [1.29, 1.82) is 0 Å². The van der Waals surface area contributed by atoms with Gasteiger partial charge in [-0.3, -0.25) is 9.52 Å². The Labute approximate surface area is 146 Å². The summed E-state index contributed by atoms with van der Waals surface area (Å²) in [7, 11) is -3.47. The van der Waals surface area contributed by atoms with Crippen LogP contribution in [0.1, 0.15) is 15.9 Å². The van der Waals surface area contributed by atoms with E-state index < -0.39 is 33.4 Å². The fourth-order valence-electron chi connectivity index (χ4n) is 1.96. The number of carbonyl (C=O) groups is 1. The summed E-state index contributed by atoms with van der Waals surface area (Å²) < 4.78 is 63.5. The Bertz CT molecular complexity index is 897. The Morgan fingerprint density at radius 2 is 1.68 bits per heavy atom. The van der Waals surface area contributed by atoms with Crippen molar-refractivity contribution in [3.63, 3.8) is 0 Å². The number of rotatable bonds is 4. The standard InChI is InChI=1S/C15H12ClF3N2O3S/c1-25(23,24)21-11-5-2-9(3-6-11)14(22)20-13-7-4-10(16)8-12(13)15(17,18)19/h2-8,21H,1H3,(H,20,22). The van der Waals surface area contributed by atoms with Crippen molar-refractivity contribution in [2.24, 2.45) is 0 Å². The molecule has 2 rings (SSSR count). The summed E-state index contributed by atoms with van der Waals surface area (Å²) in [6, 6.07) is 8.22. The van der Waals surface area contributed by atoms with E-state index >= 15 is 0 Å². The lowest BCUT2D eigenvalue weighted by Crippen LogP contribution is -2.17. The number of carbonyl (C=O) groups excluding carboxylic acids is 1. The van der Waals surface area contributed by atoms with Crippen LogP contribution in [0.3, 0.4) is 0 Å². The zero-order valence-corrected chi connectivity index (χ0v) is 14.3. The first kappa shape index (κ1) is 19.1. The van der Waals surface area contributed by atoms with Crippen molar-refractivity contribution in [2.75, 3.05) is 16.3 Å². The van der Waals surface area contributed by atoms with Crippen LogP contribution < -0.4 is 10.0 Å². The lowest BCUT2D eigenvalue weighted by atomic mass is 10.1. The molecule has 134 valence electrons. The number of alkyl halides is 3. The van der Waals surface area contributed by atoms with E-state index in [2.05, 4.69) is 10.0 Å². The second-order valence-electron chi connectivity index (χ2n) is 5.09. The number of nitrogens with one attached hydrogen (secondary N) is 2. The molecule has 0 spiro atoms. The third-order valence-electron chi connectivity index (χ3n) is 2.99. The zero-order chi connectivity index (χ0) is 18.8. The normalized spacial score (nSPS) is 11.9. The highest BCUT2D eigenvalue weighted by Gasteiger charge is 2.34. The van der Waals surface area contributed by atoms with E-state index in [1.165, 1.54) is 30.3 Å². The van der Waals surface area contributed by atoms with Crippen LogP contribution >= 0.6 is 11.6 Å². The van der Waals surface area contributed by atoms with Crippen LogP contribution in [0, 0.1) is 0 Å². The predicted molar refractivity (Wildman–Crippen MR) is 89.3 cm³/mol. The van der Waals surface area contributed by atoms with Crippen LogP contribution in [0.25, 0.3) is 0 Å². The maximum absolute atomic E-state index is 13.0. The van der Waals surface area contributed by atoms with E-state index in [9.17, 15) is 26.4 Å². The fourth-order valence-corrected chi connectivity index (χ4v) is 2.69. The highest BCUT2D eigenvalue weighted by molar-refractivity contribution is 7.92. The lowest BCUT2D eigenvalue weighted by molar-refractivity contribution is -0.136. The molecule has 10 heteroatoms. The Morgan fingerprint density at radius 1 is 1.08 bits per heavy atom. The third kappa shape index (κ3) is 5.36. The Balaban J connectivity index is 2.23. The fraction of sp³-hybridized carbons (Fsp3) is 0.133. The molecule has 0 fully saturated rings. The molecular formula is C15H12ClF3N2O3S. The second-order valence-corrected chi connectivity index (χ2v) is 7.28. The van der Waals surface area contributed by atoms with Gasteiger partial charge in [0.1, 0.15) is 0 Å². The van der Waals surface area contributed by atoms with E-state index in [1.54, 1.807) is 0 Å². The average molecular weight is 393 g/mol. The zero-order valence-electron chi connectivity index (χ0n) is 12.7. The molecule has 2 N–H and O–H groups in total. The molecule has 0 unspecified atom stereocenters.